The number of hydrogen-bond donors (Lipinski definition) is 0. The van der Waals surface area contributed by atoms with Crippen LogP contribution < -0.4 is 4.74 Å². The zero-order valence-electron chi connectivity index (χ0n) is 10.6. The van der Waals surface area contributed by atoms with Gasteiger partial charge in [0.25, 0.3) is 0 Å². The molecule has 0 N–H and O–H groups in total. The number of ether oxygens (including phenoxy) is 1. The summed E-state index contributed by atoms with van der Waals surface area (Å²) in [7, 11) is 0. The second kappa shape index (κ2) is 6.34. The van der Waals surface area contributed by atoms with Crippen LogP contribution in [0.5, 0.6) is 5.88 Å². The van der Waals surface area contributed by atoms with Crippen LogP contribution in [0.1, 0.15) is 28.5 Å². The van der Waals surface area contributed by atoms with Gasteiger partial charge in [0.05, 0.1) is 11.6 Å². The number of nitrogens with zero attached hydrogens (tertiary/aromatic N) is 1. The van der Waals surface area contributed by atoms with Crippen LogP contribution in [0.15, 0.2) is 42.5 Å². The van der Waals surface area contributed by atoms with Gasteiger partial charge in [-0.15, -0.1) is 11.6 Å². The number of Topliss-reactive ketones (excluding diaryl/α,β-unsaturated/α-hetero) is 1. The Morgan fingerprint density at radius 3 is 2.63 bits per heavy atom. The Kier molecular flexibility index (Phi) is 4.53. The molecule has 4 heteroatoms. The average molecular weight is 276 g/mol. The summed E-state index contributed by atoms with van der Waals surface area (Å²) >= 11 is 5.76. The van der Waals surface area contributed by atoms with Crippen LogP contribution in [0, 0.1) is 0 Å². The second-order valence-corrected chi connectivity index (χ2v) is 4.42. The Hall–Kier alpha value is -1.87. The van der Waals surface area contributed by atoms with E-state index in [2.05, 4.69) is 4.98 Å². The van der Waals surface area contributed by atoms with Crippen molar-refractivity contribution in [1.29, 1.82) is 0 Å². The highest BCUT2D eigenvalue weighted by molar-refractivity contribution is 6.17. The molecule has 0 spiro atoms. The molecule has 0 radical (unpaired) electrons. The van der Waals surface area contributed by atoms with Crippen molar-refractivity contribution in [2.75, 3.05) is 0 Å². The fourth-order valence-corrected chi connectivity index (χ4v) is 1.77. The Morgan fingerprint density at radius 2 is 2.00 bits per heavy atom. The van der Waals surface area contributed by atoms with Crippen LogP contribution >= 0.6 is 11.6 Å². The first-order valence-corrected chi connectivity index (χ1v) is 6.47. The summed E-state index contributed by atoms with van der Waals surface area (Å²) < 4.78 is 5.60. The molecule has 0 unspecified atom stereocenters. The molecule has 0 saturated heterocycles. The fraction of sp³-hybridized carbons (Fsp3) is 0.200. The number of aromatic nitrogens is 1. The molecule has 0 aliphatic rings. The minimum Gasteiger partial charge on any atom is -0.473 e. The van der Waals surface area contributed by atoms with Crippen molar-refractivity contribution >= 4 is 17.4 Å². The predicted octanol–water partition coefficient (Wildman–Crippen LogP) is 3.60. The Bertz CT molecular complexity index is 570. The number of carbonyl (C=O) groups is 1. The zero-order valence-corrected chi connectivity index (χ0v) is 11.4. The number of rotatable bonds is 5. The topological polar surface area (TPSA) is 39.2 Å². The maximum Gasteiger partial charge on any atom is 0.214 e. The molecule has 98 valence electrons. The van der Waals surface area contributed by atoms with Crippen molar-refractivity contribution < 1.29 is 9.53 Å². The molecule has 0 fully saturated rings. The molecule has 1 heterocycles. The summed E-state index contributed by atoms with van der Waals surface area (Å²) in [4.78, 5) is 15.7. The van der Waals surface area contributed by atoms with Gasteiger partial charge in [-0.3, -0.25) is 4.79 Å². The molecule has 2 aromatic rings. The summed E-state index contributed by atoms with van der Waals surface area (Å²) in [5.74, 6) is 0.647. The molecular weight excluding hydrogens is 262 g/mol. The first-order valence-electron chi connectivity index (χ1n) is 5.93. The molecule has 0 bridgehead atoms. The first-order chi connectivity index (χ1) is 9.19. The van der Waals surface area contributed by atoms with Gasteiger partial charge in [-0.2, -0.15) is 0 Å². The minimum absolute atomic E-state index is 0.0293. The number of pyridine rings is 1. The van der Waals surface area contributed by atoms with E-state index in [1.54, 1.807) is 12.1 Å². The standard InChI is InChI=1S/C15H14ClNO2/c1-11(18)13-7-14(9-16)17-15(8-13)19-10-12-5-3-2-4-6-12/h2-8H,9-10H2,1H3. The highest BCUT2D eigenvalue weighted by atomic mass is 35.5. The molecule has 0 aliphatic heterocycles. The lowest BCUT2D eigenvalue weighted by Gasteiger charge is -2.08. The molecule has 0 saturated carbocycles. The number of carbonyl (C=O) groups excluding carboxylic acids is 1. The summed E-state index contributed by atoms with van der Waals surface area (Å²) in [5, 5.41) is 0. The van der Waals surface area contributed by atoms with E-state index < -0.39 is 0 Å². The van der Waals surface area contributed by atoms with Gasteiger partial charge in [-0.1, -0.05) is 30.3 Å². The molecule has 0 aliphatic carbocycles. The Balaban J connectivity index is 2.15. The number of alkyl halides is 1. The predicted molar refractivity (Wildman–Crippen MR) is 74.6 cm³/mol. The third kappa shape index (κ3) is 3.80. The molecule has 0 atom stereocenters. The quantitative estimate of drug-likeness (QED) is 0.618. The molecule has 1 aromatic heterocycles. The van der Waals surface area contributed by atoms with Gasteiger partial charge < -0.3 is 4.74 Å². The summed E-state index contributed by atoms with van der Waals surface area (Å²) in [6.07, 6.45) is 0. The monoisotopic (exact) mass is 275 g/mol. The van der Waals surface area contributed by atoms with Crippen LogP contribution in [-0.2, 0) is 12.5 Å². The van der Waals surface area contributed by atoms with Crippen molar-refractivity contribution in [3.05, 3.63) is 59.3 Å². The van der Waals surface area contributed by atoms with Crippen molar-refractivity contribution in [3.8, 4) is 5.88 Å². The van der Waals surface area contributed by atoms with Crippen molar-refractivity contribution in [2.24, 2.45) is 0 Å². The fourth-order valence-electron chi connectivity index (χ4n) is 1.64. The number of benzene rings is 1. The molecule has 3 nitrogen and oxygen atoms in total. The van der Waals surface area contributed by atoms with Crippen molar-refractivity contribution in [1.82, 2.24) is 4.98 Å². The van der Waals surface area contributed by atoms with E-state index in [1.165, 1.54) is 6.92 Å². The first kappa shape index (κ1) is 13.6. The highest BCUT2D eigenvalue weighted by Crippen LogP contribution is 2.16. The maximum absolute atomic E-state index is 11.4. The van der Waals surface area contributed by atoms with Crippen LogP contribution in [-0.4, -0.2) is 10.8 Å². The lowest BCUT2D eigenvalue weighted by atomic mass is 10.1. The molecular formula is C15H14ClNO2. The molecule has 19 heavy (non-hydrogen) atoms. The largest absolute Gasteiger partial charge is 0.473 e. The van der Waals surface area contributed by atoms with Gasteiger partial charge in [0.15, 0.2) is 5.78 Å². The number of hydrogen-bond acceptors (Lipinski definition) is 3. The summed E-state index contributed by atoms with van der Waals surface area (Å²) in [6.45, 7) is 1.92. The highest BCUT2D eigenvalue weighted by Gasteiger charge is 2.07. The summed E-state index contributed by atoms with van der Waals surface area (Å²) in [6, 6.07) is 13.1. The van der Waals surface area contributed by atoms with E-state index in [0.717, 1.165) is 5.56 Å². The molecule has 2 rings (SSSR count). The van der Waals surface area contributed by atoms with E-state index in [0.29, 0.717) is 23.7 Å². The van der Waals surface area contributed by atoms with Crippen molar-refractivity contribution in [2.45, 2.75) is 19.4 Å². The van der Waals surface area contributed by atoms with Crippen LogP contribution in [0.3, 0.4) is 0 Å². The molecule has 1 aromatic carbocycles. The third-order valence-corrected chi connectivity index (χ3v) is 2.90. The van der Waals surface area contributed by atoms with E-state index in [-0.39, 0.29) is 11.7 Å². The van der Waals surface area contributed by atoms with Gasteiger partial charge >= 0.3 is 0 Å². The normalized spacial score (nSPS) is 10.2. The lowest BCUT2D eigenvalue weighted by Crippen LogP contribution is -2.02. The third-order valence-electron chi connectivity index (χ3n) is 2.63. The van der Waals surface area contributed by atoms with E-state index in [9.17, 15) is 4.79 Å². The molecule has 0 amide bonds. The number of ketones is 1. The Labute approximate surface area is 117 Å². The van der Waals surface area contributed by atoms with Gasteiger partial charge in [0.2, 0.25) is 5.88 Å². The second-order valence-electron chi connectivity index (χ2n) is 4.15. The van der Waals surface area contributed by atoms with E-state index in [4.69, 9.17) is 16.3 Å². The number of halogens is 1. The zero-order chi connectivity index (χ0) is 13.7. The van der Waals surface area contributed by atoms with Gasteiger partial charge in [-0.05, 0) is 18.6 Å². The van der Waals surface area contributed by atoms with E-state index >= 15 is 0 Å². The van der Waals surface area contributed by atoms with Gasteiger partial charge in [0, 0.05) is 11.6 Å². The maximum atomic E-state index is 11.4. The Morgan fingerprint density at radius 1 is 1.26 bits per heavy atom. The van der Waals surface area contributed by atoms with E-state index in [1.807, 2.05) is 30.3 Å². The summed E-state index contributed by atoms with van der Waals surface area (Å²) in [5.41, 5.74) is 2.25. The van der Waals surface area contributed by atoms with Crippen LogP contribution in [0.4, 0.5) is 0 Å². The SMILES string of the molecule is CC(=O)c1cc(CCl)nc(OCc2ccccc2)c1. The van der Waals surface area contributed by atoms with Crippen molar-refractivity contribution in [3.63, 3.8) is 0 Å². The van der Waals surface area contributed by atoms with Gasteiger partial charge in [-0.25, -0.2) is 4.98 Å². The smallest absolute Gasteiger partial charge is 0.214 e. The average Bonchev–Trinajstić information content (AvgIpc) is 2.45. The van der Waals surface area contributed by atoms with Crippen LogP contribution in [0.2, 0.25) is 0 Å². The lowest BCUT2D eigenvalue weighted by molar-refractivity contribution is 0.101. The minimum atomic E-state index is -0.0293. The van der Waals surface area contributed by atoms with Crippen LogP contribution in [0.25, 0.3) is 0 Å². The van der Waals surface area contributed by atoms with Gasteiger partial charge in [0.1, 0.15) is 6.61 Å².